The lowest BCUT2D eigenvalue weighted by atomic mass is 10.3. The Balaban J connectivity index is 1.98. The second-order valence-corrected chi connectivity index (χ2v) is 6.41. The molecule has 3 heterocycles. The molecule has 0 atom stereocenters. The van der Waals surface area contributed by atoms with Crippen LogP contribution in [0.25, 0.3) is 22.5 Å². The van der Waals surface area contributed by atoms with Gasteiger partial charge in [0.05, 0.1) is 28.5 Å². The highest BCUT2D eigenvalue weighted by molar-refractivity contribution is 6.42. The van der Waals surface area contributed by atoms with Crippen molar-refractivity contribution in [2.24, 2.45) is 0 Å². The largest absolute Gasteiger partial charge is 0.462 e. The molecule has 0 amide bonds. The molecule has 0 saturated heterocycles. The number of halogens is 2. The number of nitrogens with two attached hydrogens (primary N) is 1. The molecule has 10 nitrogen and oxygen atoms in total. The molecule has 0 aliphatic carbocycles. The first-order valence-corrected chi connectivity index (χ1v) is 8.73. The topological polar surface area (TPSA) is 130 Å². The van der Waals surface area contributed by atoms with Gasteiger partial charge in [0.1, 0.15) is 11.4 Å². The highest BCUT2D eigenvalue weighted by atomic mass is 35.5. The first kappa shape index (κ1) is 18.1. The first-order valence-electron chi connectivity index (χ1n) is 7.97. The zero-order valence-electron chi connectivity index (χ0n) is 14.3. The van der Waals surface area contributed by atoms with Crippen LogP contribution in [0.2, 0.25) is 10.0 Å². The van der Waals surface area contributed by atoms with Crippen molar-refractivity contribution in [2.45, 2.75) is 6.92 Å². The van der Waals surface area contributed by atoms with E-state index in [1.165, 1.54) is 22.8 Å². The van der Waals surface area contributed by atoms with Crippen molar-refractivity contribution in [3.8, 4) is 5.69 Å². The van der Waals surface area contributed by atoms with Gasteiger partial charge in [-0.05, 0) is 25.1 Å². The zero-order valence-corrected chi connectivity index (χ0v) is 15.8. The minimum Gasteiger partial charge on any atom is -0.462 e. The van der Waals surface area contributed by atoms with Gasteiger partial charge in [0.2, 0.25) is 0 Å². The van der Waals surface area contributed by atoms with E-state index in [1.807, 2.05) is 0 Å². The maximum atomic E-state index is 12.7. The molecule has 0 aliphatic heterocycles. The second kappa shape index (κ2) is 6.73. The molecule has 0 aliphatic rings. The Morgan fingerprint density at radius 3 is 2.71 bits per heavy atom. The summed E-state index contributed by atoms with van der Waals surface area (Å²) in [6, 6.07) is 4.58. The number of nitrogen functional groups attached to an aromatic ring is 1. The van der Waals surface area contributed by atoms with Crippen LogP contribution in [0.1, 0.15) is 17.3 Å². The number of fused-ring (bicyclic) bond motifs is 3. The molecule has 142 valence electrons. The molecule has 0 radical (unpaired) electrons. The lowest BCUT2D eigenvalue weighted by molar-refractivity contribution is 0.0528. The minimum absolute atomic E-state index is 0.0176. The molecule has 0 fully saturated rings. The molecule has 0 saturated carbocycles. The van der Waals surface area contributed by atoms with Gasteiger partial charge in [-0.15, -0.1) is 10.2 Å². The van der Waals surface area contributed by atoms with Crippen LogP contribution in [-0.2, 0) is 4.74 Å². The van der Waals surface area contributed by atoms with Crippen molar-refractivity contribution in [2.75, 3.05) is 12.3 Å². The highest BCUT2D eigenvalue weighted by Crippen LogP contribution is 2.26. The summed E-state index contributed by atoms with van der Waals surface area (Å²) < 4.78 is 7.30. The van der Waals surface area contributed by atoms with Crippen LogP contribution >= 0.6 is 23.2 Å². The predicted octanol–water partition coefficient (Wildman–Crippen LogP) is 1.89. The molecule has 28 heavy (non-hydrogen) atoms. The summed E-state index contributed by atoms with van der Waals surface area (Å²) in [6.45, 7) is 1.87. The van der Waals surface area contributed by atoms with Gasteiger partial charge in [-0.3, -0.25) is 0 Å². The van der Waals surface area contributed by atoms with Crippen LogP contribution in [0.15, 0.2) is 29.2 Å². The summed E-state index contributed by atoms with van der Waals surface area (Å²) in [5.74, 6) is -0.626. The van der Waals surface area contributed by atoms with Crippen molar-refractivity contribution < 1.29 is 9.53 Å². The highest BCUT2D eigenvalue weighted by Gasteiger charge is 2.21. The van der Waals surface area contributed by atoms with Crippen molar-refractivity contribution >= 4 is 51.8 Å². The Morgan fingerprint density at radius 1 is 1.21 bits per heavy atom. The van der Waals surface area contributed by atoms with Gasteiger partial charge in [-0.2, -0.15) is 14.6 Å². The second-order valence-electron chi connectivity index (χ2n) is 5.60. The fourth-order valence-corrected chi connectivity index (χ4v) is 2.97. The number of carbonyl (C=O) groups excluding carboxylic acids is 1. The minimum atomic E-state index is -0.689. The SMILES string of the molecule is CCOC(=O)c1cnn2c1nnc1c(N)n(-c3ccc(Cl)c(Cl)c3)c(=O)nc12. The lowest BCUT2D eigenvalue weighted by Crippen LogP contribution is -2.25. The summed E-state index contributed by atoms with van der Waals surface area (Å²) in [6.07, 6.45) is 1.27. The predicted molar refractivity (Wildman–Crippen MR) is 102 cm³/mol. The maximum absolute atomic E-state index is 12.7. The van der Waals surface area contributed by atoms with E-state index in [0.29, 0.717) is 10.7 Å². The molecule has 1 aromatic carbocycles. The number of hydrogen-bond acceptors (Lipinski definition) is 8. The number of ether oxygens (including phenoxy) is 1. The van der Waals surface area contributed by atoms with Gasteiger partial charge < -0.3 is 10.5 Å². The lowest BCUT2D eigenvalue weighted by Gasteiger charge is -2.11. The van der Waals surface area contributed by atoms with E-state index < -0.39 is 11.7 Å². The summed E-state index contributed by atoms with van der Waals surface area (Å²) in [4.78, 5) is 28.7. The summed E-state index contributed by atoms with van der Waals surface area (Å²) in [5, 5.41) is 12.7. The van der Waals surface area contributed by atoms with E-state index in [1.54, 1.807) is 13.0 Å². The van der Waals surface area contributed by atoms with Gasteiger partial charge in [-0.1, -0.05) is 23.2 Å². The van der Waals surface area contributed by atoms with E-state index >= 15 is 0 Å². The molecular weight excluding hydrogens is 409 g/mol. The van der Waals surface area contributed by atoms with Crippen molar-refractivity contribution in [1.82, 2.24) is 29.4 Å². The normalized spacial score (nSPS) is 11.2. The Bertz CT molecular complexity index is 1320. The number of rotatable bonds is 3. The number of nitrogens with zero attached hydrogens (tertiary/aromatic N) is 6. The van der Waals surface area contributed by atoms with Crippen LogP contribution in [-0.4, -0.2) is 41.9 Å². The van der Waals surface area contributed by atoms with Gasteiger partial charge in [0, 0.05) is 0 Å². The number of esters is 1. The fraction of sp³-hybridized carbons (Fsp3) is 0.125. The van der Waals surface area contributed by atoms with Crippen LogP contribution in [0.4, 0.5) is 5.82 Å². The Kier molecular flexibility index (Phi) is 4.36. The van der Waals surface area contributed by atoms with E-state index in [2.05, 4.69) is 20.3 Å². The van der Waals surface area contributed by atoms with Gasteiger partial charge in [0.25, 0.3) is 0 Å². The standard InChI is InChI=1S/C16H11Cl2N7O3/c1-2-28-15(26)8-6-20-25-13(8)23-22-11-12(19)24(16(27)21-14(11)25)7-3-4-9(17)10(18)5-7/h3-6H,2,19H2,1H3. The van der Waals surface area contributed by atoms with E-state index in [4.69, 9.17) is 33.7 Å². The zero-order chi connectivity index (χ0) is 20.0. The van der Waals surface area contributed by atoms with Crippen molar-refractivity contribution in [3.63, 3.8) is 0 Å². The summed E-state index contributed by atoms with van der Waals surface area (Å²) >= 11 is 11.9. The average Bonchev–Trinajstić information content (AvgIpc) is 3.09. The number of aromatic nitrogens is 6. The molecule has 4 rings (SSSR count). The Labute approximate surface area is 166 Å². The third-order valence-electron chi connectivity index (χ3n) is 3.93. The van der Waals surface area contributed by atoms with Gasteiger partial charge >= 0.3 is 11.7 Å². The number of benzene rings is 1. The molecule has 0 spiro atoms. The first-order chi connectivity index (χ1) is 13.4. The Morgan fingerprint density at radius 2 is 2.00 bits per heavy atom. The van der Waals surface area contributed by atoms with E-state index in [0.717, 1.165) is 4.57 Å². The van der Waals surface area contributed by atoms with Crippen molar-refractivity contribution in [3.05, 3.63) is 50.5 Å². The third kappa shape index (κ3) is 2.74. The fourth-order valence-electron chi connectivity index (χ4n) is 2.68. The number of hydrogen-bond donors (Lipinski definition) is 1. The molecule has 2 N–H and O–H groups in total. The van der Waals surface area contributed by atoms with Crippen LogP contribution in [0.3, 0.4) is 0 Å². The molecule has 0 unspecified atom stereocenters. The average molecular weight is 420 g/mol. The Hall–Kier alpha value is -3.24. The van der Waals surface area contributed by atoms with E-state index in [9.17, 15) is 9.59 Å². The third-order valence-corrected chi connectivity index (χ3v) is 4.67. The quantitative estimate of drug-likeness (QED) is 0.498. The molecule has 12 heteroatoms. The van der Waals surface area contributed by atoms with Crippen molar-refractivity contribution in [1.29, 1.82) is 0 Å². The van der Waals surface area contributed by atoms with Crippen LogP contribution < -0.4 is 11.4 Å². The van der Waals surface area contributed by atoms with Crippen LogP contribution in [0, 0.1) is 0 Å². The number of carbonyl (C=O) groups is 1. The monoisotopic (exact) mass is 419 g/mol. The molecule has 0 bridgehead atoms. The smallest absolute Gasteiger partial charge is 0.355 e. The van der Waals surface area contributed by atoms with E-state index in [-0.39, 0.29) is 39.8 Å². The molecule has 3 aromatic heterocycles. The number of anilines is 1. The molecular formula is C16H11Cl2N7O3. The van der Waals surface area contributed by atoms with Gasteiger partial charge in [0.15, 0.2) is 16.8 Å². The van der Waals surface area contributed by atoms with Crippen LogP contribution in [0.5, 0.6) is 0 Å². The summed E-state index contributed by atoms with van der Waals surface area (Å²) in [7, 11) is 0. The molecule has 4 aromatic rings. The summed E-state index contributed by atoms with van der Waals surface area (Å²) in [5.41, 5.74) is 6.21. The van der Waals surface area contributed by atoms with Gasteiger partial charge in [-0.25, -0.2) is 14.2 Å². The maximum Gasteiger partial charge on any atom is 0.355 e.